The third-order valence-electron chi connectivity index (χ3n) is 2.58. The lowest BCUT2D eigenvalue weighted by atomic mass is 10.1. The summed E-state index contributed by atoms with van der Waals surface area (Å²) >= 11 is 0. The van der Waals surface area contributed by atoms with Gasteiger partial charge in [0.1, 0.15) is 6.04 Å². The van der Waals surface area contributed by atoms with Crippen molar-refractivity contribution in [1.29, 1.82) is 0 Å². The molecular weight excluding hydrogens is 226 g/mol. The van der Waals surface area contributed by atoms with E-state index in [1.807, 2.05) is 0 Å². The van der Waals surface area contributed by atoms with Crippen LogP contribution in [0.25, 0.3) is 0 Å². The van der Waals surface area contributed by atoms with Crippen LogP contribution in [0.1, 0.15) is 20.7 Å². The predicted molar refractivity (Wildman–Crippen MR) is 52.8 cm³/mol. The first-order valence-corrected chi connectivity index (χ1v) is 4.86. The normalized spacial score (nSPS) is 15.9. The third-order valence-corrected chi connectivity index (χ3v) is 2.58. The minimum Gasteiger partial charge on any atom is -0.548 e. The van der Waals surface area contributed by atoms with Crippen LogP contribution >= 0.6 is 0 Å². The molecule has 0 saturated heterocycles. The fourth-order valence-corrected chi connectivity index (χ4v) is 1.75. The van der Waals surface area contributed by atoms with Gasteiger partial charge in [-0.2, -0.15) is 0 Å². The van der Waals surface area contributed by atoms with Crippen molar-refractivity contribution in [3.63, 3.8) is 0 Å². The standard InChI is InChI=1S/C11H9NO5/c13-5-8(11(16)17)12-9(14)6-3-1-2-4-7(6)10(12)15/h1-4,8,13H,5H2,(H,16,17)/p-1/t8-/m0/s1. The quantitative estimate of drug-likeness (QED) is 0.635. The number of rotatable bonds is 3. The summed E-state index contributed by atoms with van der Waals surface area (Å²) in [4.78, 5) is 34.9. The predicted octanol–water partition coefficient (Wildman–Crippen LogP) is -1.61. The van der Waals surface area contributed by atoms with E-state index in [-0.39, 0.29) is 11.1 Å². The maximum atomic E-state index is 11.8. The van der Waals surface area contributed by atoms with E-state index in [0.717, 1.165) is 0 Å². The minimum atomic E-state index is -1.66. The molecule has 1 aromatic carbocycles. The topological polar surface area (TPSA) is 97.7 Å². The van der Waals surface area contributed by atoms with Crippen molar-refractivity contribution >= 4 is 17.8 Å². The van der Waals surface area contributed by atoms with Crippen molar-refractivity contribution in [2.75, 3.05) is 6.61 Å². The number of hydrogen-bond acceptors (Lipinski definition) is 5. The molecule has 0 radical (unpaired) electrons. The summed E-state index contributed by atoms with van der Waals surface area (Å²) in [6.07, 6.45) is 0. The van der Waals surface area contributed by atoms with Gasteiger partial charge in [-0.1, -0.05) is 12.1 Å². The highest BCUT2D eigenvalue weighted by Crippen LogP contribution is 2.24. The van der Waals surface area contributed by atoms with Crippen LogP contribution in [0.2, 0.25) is 0 Å². The summed E-state index contributed by atoms with van der Waals surface area (Å²) in [7, 11) is 0. The lowest BCUT2D eigenvalue weighted by Crippen LogP contribution is -2.52. The average Bonchev–Trinajstić information content (AvgIpc) is 2.56. The molecule has 2 rings (SSSR count). The number of aliphatic hydroxyl groups is 1. The van der Waals surface area contributed by atoms with Crippen molar-refractivity contribution < 1.29 is 24.6 Å². The van der Waals surface area contributed by atoms with Crippen LogP contribution in [0.15, 0.2) is 24.3 Å². The first-order chi connectivity index (χ1) is 8.07. The van der Waals surface area contributed by atoms with E-state index in [0.29, 0.717) is 4.90 Å². The highest BCUT2D eigenvalue weighted by molar-refractivity contribution is 6.22. The summed E-state index contributed by atoms with van der Waals surface area (Å²) < 4.78 is 0. The zero-order chi connectivity index (χ0) is 12.6. The Kier molecular flexibility index (Phi) is 2.64. The fourth-order valence-electron chi connectivity index (χ4n) is 1.75. The van der Waals surface area contributed by atoms with Gasteiger partial charge in [-0.05, 0) is 12.1 Å². The maximum Gasteiger partial charge on any atom is 0.262 e. The van der Waals surface area contributed by atoms with Crippen LogP contribution in [0.4, 0.5) is 0 Å². The second-order valence-corrected chi connectivity index (χ2v) is 3.54. The van der Waals surface area contributed by atoms with Crippen molar-refractivity contribution in [2.24, 2.45) is 0 Å². The SMILES string of the molecule is O=C([O-])[C@H](CO)N1C(=O)c2ccccc2C1=O. The van der Waals surface area contributed by atoms with Gasteiger partial charge in [-0.25, -0.2) is 0 Å². The van der Waals surface area contributed by atoms with Gasteiger partial charge in [0, 0.05) is 0 Å². The highest BCUT2D eigenvalue weighted by atomic mass is 16.4. The molecule has 1 heterocycles. The Morgan fingerprint density at radius 3 is 2.06 bits per heavy atom. The van der Waals surface area contributed by atoms with Gasteiger partial charge in [0.25, 0.3) is 11.8 Å². The van der Waals surface area contributed by atoms with Gasteiger partial charge < -0.3 is 15.0 Å². The lowest BCUT2D eigenvalue weighted by molar-refractivity contribution is -0.311. The monoisotopic (exact) mass is 234 g/mol. The van der Waals surface area contributed by atoms with E-state index in [9.17, 15) is 19.5 Å². The number of nitrogens with zero attached hydrogens (tertiary/aromatic N) is 1. The second-order valence-electron chi connectivity index (χ2n) is 3.54. The van der Waals surface area contributed by atoms with Crippen LogP contribution in [0, 0.1) is 0 Å². The zero-order valence-electron chi connectivity index (χ0n) is 8.62. The number of imide groups is 1. The molecule has 1 N–H and O–H groups in total. The number of carboxylic acids is 1. The fraction of sp³-hybridized carbons (Fsp3) is 0.182. The van der Waals surface area contributed by atoms with Crippen molar-refractivity contribution in [3.8, 4) is 0 Å². The van der Waals surface area contributed by atoms with Gasteiger partial charge in [-0.3, -0.25) is 14.5 Å². The highest BCUT2D eigenvalue weighted by Gasteiger charge is 2.39. The molecule has 88 valence electrons. The maximum absolute atomic E-state index is 11.8. The van der Waals surface area contributed by atoms with Crippen LogP contribution in [-0.2, 0) is 4.79 Å². The number of aliphatic hydroxyl groups excluding tert-OH is 1. The largest absolute Gasteiger partial charge is 0.548 e. The smallest absolute Gasteiger partial charge is 0.262 e. The molecule has 2 amide bonds. The molecule has 1 aliphatic heterocycles. The number of carbonyl (C=O) groups excluding carboxylic acids is 3. The molecule has 1 aromatic rings. The zero-order valence-corrected chi connectivity index (χ0v) is 8.62. The Balaban J connectivity index is 2.46. The van der Waals surface area contributed by atoms with Crippen molar-refractivity contribution in [1.82, 2.24) is 4.90 Å². The Labute approximate surface area is 96.1 Å². The molecular formula is C11H8NO5-. The Morgan fingerprint density at radius 1 is 1.24 bits per heavy atom. The lowest BCUT2D eigenvalue weighted by Gasteiger charge is -2.24. The Morgan fingerprint density at radius 2 is 1.71 bits per heavy atom. The number of carbonyl (C=O) groups is 3. The van der Waals surface area contributed by atoms with E-state index in [1.54, 1.807) is 12.1 Å². The average molecular weight is 234 g/mol. The molecule has 0 fully saturated rings. The molecule has 0 aliphatic carbocycles. The van der Waals surface area contributed by atoms with Crippen molar-refractivity contribution in [2.45, 2.75) is 6.04 Å². The number of fused-ring (bicyclic) bond motifs is 1. The van der Waals surface area contributed by atoms with E-state index in [1.165, 1.54) is 12.1 Å². The van der Waals surface area contributed by atoms with Gasteiger partial charge in [0.2, 0.25) is 0 Å². The molecule has 1 aliphatic rings. The summed E-state index contributed by atoms with van der Waals surface area (Å²) in [5.41, 5.74) is 0.273. The summed E-state index contributed by atoms with van der Waals surface area (Å²) in [5, 5.41) is 19.6. The minimum absolute atomic E-state index is 0.136. The Bertz CT molecular complexity index is 475. The molecule has 0 bridgehead atoms. The van der Waals surface area contributed by atoms with Gasteiger partial charge >= 0.3 is 0 Å². The van der Waals surface area contributed by atoms with Crippen LogP contribution in [0.3, 0.4) is 0 Å². The number of amides is 2. The Hall–Kier alpha value is -2.21. The molecule has 6 heteroatoms. The summed E-state index contributed by atoms with van der Waals surface area (Å²) in [6.45, 7) is -0.867. The van der Waals surface area contributed by atoms with Crippen molar-refractivity contribution in [3.05, 3.63) is 35.4 Å². The molecule has 0 aromatic heterocycles. The summed E-state index contributed by atoms with van der Waals surface area (Å²) in [6, 6.07) is 4.35. The first kappa shape index (κ1) is 11.3. The molecule has 0 saturated carbocycles. The van der Waals surface area contributed by atoms with Crippen LogP contribution in [-0.4, -0.2) is 40.4 Å². The molecule has 6 nitrogen and oxygen atoms in total. The van der Waals surface area contributed by atoms with Crippen LogP contribution < -0.4 is 5.11 Å². The van der Waals surface area contributed by atoms with Gasteiger partial charge in [0.15, 0.2) is 0 Å². The molecule has 0 spiro atoms. The first-order valence-electron chi connectivity index (χ1n) is 4.86. The second kappa shape index (κ2) is 3.99. The van der Waals surface area contributed by atoms with E-state index >= 15 is 0 Å². The number of aliphatic carboxylic acids is 1. The van der Waals surface area contributed by atoms with E-state index < -0.39 is 30.4 Å². The third kappa shape index (κ3) is 1.58. The van der Waals surface area contributed by atoms with Gasteiger partial charge in [-0.15, -0.1) is 0 Å². The number of carboxylic acid groups (broad SMARTS) is 1. The molecule has 1 atom stereocenters. The summed E-state index contributed by atoms with van der Waals surface area (Å²) in [5.74, 6) is -3.12. The van der Waals surface area contributed by atoms with Gasteiger partial charge in [0.05, 0.1) is 23.7 Å². The number of hydrogen-bond donors (Lipinski definition) is 1. The van der Waals surface area contributed by atoms with Crippen LogP contribution in [0.5, 0.6) is 0 Å². The number of benzene rings is 1. The van der Waals surface area contributed by atoms with E-state index in [4.69, 9.17) is 5.11 Å². The molecule has 17 heavy (non-hydrogen) atoms. The van der Waals surface area contributed by atoms with E-state index in [2.05, 4.69) is 0 Å². The molecule has 0 unspecified atom stereocenters.